The highest BCUT2D eigenvalue weighted by molar-refractivity contribution is 5.71. The normalized spacial score (nSPS) is 12.5. The van der Waals surface area contributed by atoms with Gasteiger partial charge < -0.3 is 14.2 Å². The van der Waals surface area contributed by atoms with Gasteiger partial charge in [-0.1, -0.05) is 325 Å². The van der Waals surface area contributed by atoms with Crippen LogP contribution in [0.25, 0.3) is 0 Å². The molecular weight excluding hydrogens is 1020 g/mol. The molecule has 0 fully saturated rings. The van der Waals surface area contributed by atoms with E-state index in [-0.39, 0.29) is 31.1 Å². The van der Waals surface area contributed by atoms with Gasteiger partial charge in [-0.2, -0.15) is 0 Å². The zero-order valence-corrected chi connectivity index (χ0v) is 55.5. The van der Waals surface area contributed by atoms with Crippen LogP contribution in [0, 0.1) is 0 Å². The summed E-state index contributed by atoms with van der Waals surface area (Å²) in [6.07, 6.45) is 93.8. The van der Waals surface area contributed by atoms with Gasteiger partial charge in [-0.15, -0.1) is 0 Å². The van der Waals surface area contributed by atoms with Gasteiger partial charge in [-0.25, -0.2) is 0 Å². The first kappa shape index (κ1) is 79.8. The van der Waals surface area contributed by atoms with E-state index >= 15 is 0 Å². The van der Waals surface area contributed by atoms with Crippen molar-refractivity contribution < 1.29 is 28.6 Å². The number of carbonyl (C=O) groups excluding carboxylic acids is 3. The first-order valence-corrected chi connectivity index (χ1v) is 36.4. The summed E-state index contributed by atoms with van der Waals surface area (Å²) in [5.41, 5.74) is 0. The van der Waals surface area contributed by atoms with Gasteiger partial charge in [-0.05, 0) is 109 Å². The molecule has 6 heteroatoms. The van der Waals surface area contributed by atoms with Crippen molar-refractivity contribution >= 4 is 17.9 Å². The van der Waals surface area contributed by atoms with Crippen molar-refractivity contribution in [1.29, 1.82) is 0 Å². The fourth-order valence-corrected chi connectivity index (χ4v) is 10.7. The fraction of sp³-hybridized carbons (Fsp3) is 0.805. The lowest BCUT2D eigenvalue weighted by atomic mass is 10.0. The molecule has 83 heavy (non-hydrogen) atoms. The number of hydrogen-bond donors (Lipinski definition) is 0. The van der Waals surface area contributed by atoms with Crippen LogP contribution in [0.3, 0.4) is 0 Å². The van der Waals surface area contributed by atoms with Crippen molar-refractivity contribution in [2.75, 3.05) is 13.2 Å². The zero-order valence-electron chi connectivity index (χ0n) is 55.5. The van der Waals surface area contributed by atoms with Crippen LogP contribution in [0.1, 0.15) is 380 Å². The maximum absolute atomic E-state index is 12.9. The number of esters is 3. The highest BCUT2D eigenvalue weighted by Crippen LogP contribution is 2.18. The molecule has 0 radical (unpaired) electrons. The number of ether oxygens (including phenoxy) is 3. The molecule has 0 aromatic rings. The van der Waals surface area contributed by atoms with Gasteiger partial charge in [0.1, 0.15) is 13.2 Å². The van der Waals surface area contributed by atoms with Crippen LogP contribution >= 0.6 is 0 Å². The van der Waals surface area contributed by atoms with Gasteiger partial charge >= 0.3 is 17.9 Å². The van der Waals surface area contributed by atoms with Gasteiger partial charge in [0.2, 0.25) is 0 Å². The fourth-order valence-electron chi connectivity index (χ4n) is 10.7. The molecule has 0 N–H and O–H groups in total. The minimum Gasteiger partial charge on any atom is -0.462 e. The van der Waals surface area contributed by atoms with Crippen LogP contribution in [0.2, 0.25) is 0 Å². The van der Waals surface area contributed by atoms with Gasteiger partial charge in [-0.3, -0.25) is 14.4 Å². The summed E-state index contributed by atoms with van der Waals surface area (Å²) >= 11 is 0. The van der Waals surface area contributed by atoms with Crippen molar-refractivity contribution in [3.63, 3.8) is 0 Å². The van der Waals surface area contributed by atoms with Gasteiger partial charge in [0.05, 0.1) is 0 Å². The summed E-state index contributed by atoms with van der Waals surface area (Å²) in [6, 6.07) is 0. The van der Waals surface area contributed by atoms with E-state index in [2.05, 4.69) is 93.7 Å². The zero-order chi connectivity index (χ0) is 59.9. The molecular formula is C77H138O6. The molecule has 0 aromatic heterocycles. The molecule has 0 spiro atoms. The molecule has 0 aliphatic rings. The molecule has 1 atom stereocenters. The Morgan fingerprint density at radius 1 is 0.241 bits per heavy atom. The SMILES string of the molecule is CCC/C=C\C/C=C\CCCCCCCC(=O)OCC(COC(=O)CCCCCCCCCCCCCCCCCCCCCCC/C=C\C/C=C\CCCCCCC)OC(=O)CCCCCCCCCCC/C=C\C/C=C\CCCCC. The third kappa shape index (κ3) is 69.5. The second-order valence-corrected chi connectivity index (χ2v) is 24.5. The number of carbonyl (C=O) groups is 3. The molecule has 0 aromatic carbocycles. The predicted octanol–water partition coefficient (Wildman–Crippen LogP) is 25.2. The van der Waals surface area contributed by atoms with Crippen LogP contribution in [-0.4, -0.2) is 37.2 Å². The van der Waals surface area contributed by atoms with Crippen LogP contribution < -0.4 is 0 Å². The third-order valence-corrected chi connectivity index (χ3v) is 16.1. The van der Waals surface area contributed by atoms with E-state index in [1.807, 2.05) is 0 Å². The Labute approximate surface area is 516 Å². The topological polar surface area (TPSA) is 78.9 Å². The summed E-state index contributed by atoms with van der Waals surface area (Å²) < 4.78 is 17.0. The highest BCUT2D eigenvalue weighted by atomic mass is 16.6. The Hall–Kier alpha value is -3.15. The Morgan fingerprint density at radius 3 is 0.735 bits per heavy atom. The standard InChI is InChI=1S/C77H138O6/c1-4-7-10-13-16-19-22-25-27-29-31-32-33-34-35-36-37-38-39-40-41-42-43-44-46-47-49-52-55-58-61-64-67-70-76(79)82-73-74(72-81-75(78)69-66-63-60-57-54-51-24-21-18-15-12-9-6-3)83-77(80)71-68-65-62-59-56-53-50-48-45-30-28-26-23-20-17-14-11-8-5-2/h12,15,17,20-22,24-26,28-29,31,74H,4-11,13-14,16,18-19,23,27,30,32-73H2,1-3H3/b15-12-,20-17-,24-21-,25-22-,28-26-,31-29-. The molecule has 482 valence electrons. The van der Waals surface area contributed by atoms with E-state index in [0.29, 0.717) is 19.3 Å². The summed E-state index contributed by atoms with van der Waals surface area (Å²) in [5, 5.41) is 0. The molecule has 0 amide bonds. The average Bonchev–Trinajstić information content (AvgIpc) is 3.49. The van der Waals surface area contributed by atoms with Crippen molar-refractivity contribution in [3.8, 4) is 0 Å². The molecule has 6 nitrogen and oxygen atoms in total. The van der Waals surface area contributed by atoms with E-state index < -0.39 is 6.10 Å². The molecule has 0 aliphatic carbocycles. The predicted molar refractivity (Wildman–Crippen MR) is 362 cm³/mol. The third-order valence-electron chi connectivity index (χ3n) is 16.1. The highest BCUT2D eigenvalue weighted by Gasteiger charge is 2.19. The van der Waals surface area contributed by atoms with Crippen molar-refractivity contribution in [1.82, 2.24) is 0 Å². The van der Waals surface area contributed by atoms with E-state index in [0.717, 1.165) is 96.3 Å². The number of allylic oxidation sites excluding steroid dienone is 12. The molecule has 0 saturated heterocycles. The smallest absolute Gasteiger partial charge is 0.306 e. The summed E-state index contributed by atoms with van der Waals surface area (Å²) in [4.78, 5) is 38.4. The first-order valence-electron chi connectivity index (χ1n) is 36.4. The second-order valence-electron chi connectivity index (χ2n) is 24.5. The Morgan fingerprint density at radius 2 is 0.458 bits per heavy atom. The largest absolute Gasteiger partial charge is 0.462 e. The molecule has 0 bridgehead atoms. The van der Waals surface area contributed by atoms with Crippen molar-refractivity contribution in [2.45, 2.75) is 386 Å². The van der Waals surface area contributed by atoms with Crippen LogP contribution in [0.15, 0.2) is 72.9 Å². The molecule has 0 aliphatic heterocycles. The first-order chi connectivity index (χ1) is 41.0. The van der Waals surface area contributed by atoms with Crippen molar-refractivity contribution in [2.24, 2.45) is 0 Å². The summed E-state index contributed by atoms with van der Waals surface area (Å²) in [7, 11) is 0. The maximum Gasteiger partial charge on any atom is 0.306 e. The van der Waals surface area contributed by atoms with E-state index in [1.165, 1.54) is 244 Å². The second kappa shape index (κ2) is 71.3. The quantitative estimate of drug-likeness (QED) is 0.0261. The Balaban J connectivity index is 4.15. The van der Waals surface area contributed by atoms with E-state index in [4.69, 9.17) is 14.2 Å². The van der Waals surface area contributed by atoms with E-state index in [9.17, 15) is 14.4 Å². The Kier molecular flexibility index (Phi) is 68.6. The monoisotopic (exact) mass is 1160 g/mol. The molecule has 0 saturated carbocycles. The van der Waals surface area contributed by atoms with E-state index in [1.54, 1.807) is 0 Å². The van der Waals surface area contributed by atoms with Crippen LogP contribution in [0.5, 0.6) is 0 Å². The minimum atomic E-state index is -0.783. The summed E-state index contributed by atoms with van der Waals surface area (Å²) in [5.74, 6) is -0.877. The van der Waals surface area contributed by atoms with Crippen LogP contribution in [-0.2, 0) is 28.6 Å². The van der Waals surface area contributed by atoms with Gasteiger partial charge in [0.15, 0.2) is 6.10 Å². The number of hydrogen-bond acceptors (Lipinski definition) is 6. The lowest BCUT2D eigenvalue weighted by Gasteiger charge is -2.18. The van der Waals surface area contributed by atoms with Crippen molar-refractivity contribution in [3.05, 3.63) is 72.9 Å². The lowest BCUT2D eigenvalue weighted by molar-refractivity contribution is -0.167. The van der Waals surface area contributed by atoms with Gasteiger partial charge in [0, 0.05) is 19.3 Å². The lowest BCUT2D eigenvalue weighted by Crippen LogP contribution is -2.30. The van der Waals surface area contributed by atoms with Gasteiger partial charge in [0.25, 0.3) is 0 Å². The number of unbranched alkanes of at least 4 members (excludes halogenated alkanes) is 44. The molecule has 1 unspecified atom stereocenters. The summed E-state index contributed by atoms with van der Waals surface area (Å²) in [6.45, 7) is 6.58. The minimum absolute atomic E-state index is 0.0780. The average molecular weight is 1160 g/mol. The molecule has 0 heterocycles. The Bertz CT molecular complexity index is 1520. The van der Waals surface area contributed by atoms with Crippen LogP contribution in [0.4, 0.5) is 0 Å². The number of rotatable bonds is 67. The maximum atomic E-state index is 12.9. The molecule has 0 rings (SSSR count).